The topological polar surface area (TPSA) is 29.5 Å². The second-order valence-electron chi connectivity index (χ2n) is 6.30. The van der Waals surface area contributed by atoms with E-state index < -0.39 is 0 Å². The van der Waals surface area contributed by atoms with Crippen LogP contribution in [0, 0.1) is 6.92 Å². The fourth-order valence-electron chi connectivity index (χ4n) is 3.28. The molecule has 22 heavy (non-hydrogen) atoms. The Kier molecular flexibility index (Phi) is 6.29. The number of carbonyl (C=O) groups is 1. The van der Waals surface area contributed by atoms with Crippen molar-refractivity contribution in [3.05, 3.63) is 29.3 Å². The van der Waals surface area contributed by atoms with Crippen molar-refractivity contribution < 1.29 is 9.53 Å². The second-order valence-corrected chi connectivity index (χ2v) is 6.30. The lowest BCUT2D eigenvalue weighted by Gasteiger charge is -2.31. The third kappa shape index (κ3) is 4.02. The number of likely N-dealkylation sites (tertiary alicyclic amines) is 1. The summed E-state index contributed by atoms with van der Waals surface area (Å²) in [5.41, 5.74) is 2.33. The Bertz CT molecular complexity index is 492. The van der Waals surface area contributed by atoms with Gasteiger partial charge in [-0.15, -0.1) is 0 Å². The van der Waals surface area contributed by atoms with Crippen LogP contribution in [0.2, 0.25) is 0 Å². The van der Waals surface area contributed by atoms with Gasteiger partial charge in [0.2, 0.25) is 5.91 Å². The smallest absolute Gasteiger partial charge is 0.230 e. The van der Waals surface area contributed by atoms with Crippen LogP contribution >= 0.6 is 0 Å². The van der Waals surface area contributed by atoms with Crippen LogP contribution in [0.25, 0.3) is 0 Å². The Morgan fingerprint density at radius 1 is 1.27 bits per heavy atom. The number of nitrogens with zero attached hydrogens (tertiary/aromatic N) is 1. The summed E-state index contributed by atoms with van der Waals surface area (Å²) in [4.78, 5) is 15.1. The molecular weight excluding hydrogens is 274 g/mol. The fraction of sp³-hybridized carbons (Fsp3) is 0.632. The lowest BCUT2D eigenvalue weighted by atomic mass is 9.88. The molecule has 1 unspecified atom stereocenters. The first kappa shape index (κ1) is 16.9. The number of benzene rings is 1. The lowest BCUT2D eigenvalue weighted by Crippen LogP contribution is -2.39. The molecule has 122 valence electrons. The number of aryl methyl sites for hydroxylation is 1. The molecule has 1 fully saturated rings. The molecule has 2 rings (SSSR count). The molecular formula is C19H29NO2. The quantitative estimate of drug-likeness (QED) is 0.784. The molecule has 1 aromatic carbocycles. The first-order valence-electron chi connectivity index (χ1n) is 8.60. The maximum absolute atomic E-state index is 13.0. The van der Waals surface area contributed by atoms with Gasteiger partial charge in [-0.05, 0) is 55.9 Å². The van der Waals surface area contributed by atoms with Crippen molar-refractivity contribution in [2.75, 3.05) is 20.2 Å². The van der Waals surface area contributed by atoms with Crippen LogP contribution in [0.1, 0.15) is 62.5 Å². The number of carbonyl (C=O) groups excluding carboxylic acids is 1. The van der Waals surface area contributed by atoms with Crippen molar-refractivity contribution in [2.24, 2.45) is 0 Å². The van der Waals surface area contributed by atoms with Crippen molar-refractivity contribution >= 4 is 5.91 Å². The van der Waals surface area contributed by atoms with Gasteiger partial charge in [0.15, 0.2) is 0 Å². The Morgan fingerprint density at radius 3 is 2.64 bits per heavy atom. The summed E-state index contributed by atoms with van der Waals surface area (Å²) in [7, 11) is 1.68. The first-order valence-corrected chi connectivity index (χ1v) is 8.60. The standard InChI is InChI=1S/C19H29NO2/c1-4-5-9-17(19(21)20-12-7-6-8-13-20)18-14-16(22-3)11-10-15(18)2/h10-11,14,17H,4-9,12-13H2,1-3H3. The Balaban J connectivity index is 2.26. The number of ether oxygens (including phenoxy) is 1. The summed E-state index contributed by atoms with van der Waals surface area (Å²) < 4.78 is 5.36. The van der Waals surface area contributed by atoms with Gasteiger partial charge in [-0.2, -0.15) is 0 Å². The molecule has 0 aliphatic carbocycles. The van der Waals surface area contributed by atoms with Gasteiger partial charge in [0.25, 0.3) is 0 Å². The minimum atomic E-state index is -0.0202. The molecule has 1 aliphatic heterocycles. The number of piperidine rings is 1. The summed E-state index contributed by atoms with van der Waals surface area (Å²) in [6.07, 6.45) is 6.67. The van der Waals surface area contributed by atoms with E-state index in [9.17, 15) is 4.79 Å². The van der Waals surface area contributed by atoms with E-state index in [-0.39, 0.29) is 5.92 Å². The molecule has 0 bridgehead atoms. The molecule has 1 amide bonds. The molecule has 1 atom stereocenters. The van der Waals surface area contributed by atoms with Gasteiger partial charge >= 0.3 is 0 Å². The molecule has 1 heterocycles. The largest absolute Gasteiger partial charge is 0.497 e. The molecule has 3 nitrogen and oxygen atoms in total. The Hall–Kier alpha value is -1.51. The van der Waals surface area contributed by atoms with E-state index in [1.165, 1.54) is 12.0 Å². The zero-order valence-electron chi connectivity index (χ0n) is 14.2. The van der Waals surface area contributed by atoms with Gasteiger partial charge in [0, 0.05) is 13.1 Å². The van der Waals surface area contributed by atoms with E-state index in [1.54, 1.807) is 7.11 Å². The fourth-order valence-corrected chi connectivity index (χ4v) is 3.28. The van der Waals surface area contributed by atoms with E-state index >= 15 is 0 Å². The molecule has 0 N–H and O–H groups in total. The summed E-state index contributed by atoms with van der Waals surface area (Å²) >= 11 is 0. The molecule has 1 saturated heterocycles. The van der Waals surface area contributed by atoms with E-state index in [0.29, 0.717) is 5.91 Å². The lowest BCUT2D eigenvalue weighted by molar-refractivity contribution is -0.133. The number of rotatable bonds is 6. The van der Waals surface area contributed by atoms with Gasteiger partial charge in [-0.3, -0.25) is 4.79 Å². The van der Waals surface area contributed by atoms with E-state index in [2.05, 4.69) is 30.9 Å². The number of methoxy groups -OCH3 is 1. The monoisotopic (exact) mass is 303 g/mol. The van der Waals surface area contributed by atoms with E-state index in [4.69, 9.17) is 4.74 Å². The van der Waals surface area contributed by atoms with Crippen LogP contribution in [0.4, 0.5) is 0 Å². The average Bonchev–Trinajstić information content (AvgIpc) is 2.57. The van der Waals surface area contributed by atoms with Crippen molar-refractivity contribution in [2.45, 2.75) is 58.3 Å². The normalized spacial score (nSPS) is 16.4. The Labute approximate surface area is 134 Å². The predicted octanol–water partition coefficient (Wildman–Crippen LogP) is 4.29. The molecule has 0 radical (unpaired) electrons. The van der Waals surface area contributed by atoms with E-state index in [1.807, 2.05) is 6.07 Å². The maximum atomic E-state index is 13.0. The van der Waals surface area contributed by atoms with E-state index in [0.717, 1.165) is 56.5 Å². The highest BCUT2D eigenvalue weighted by atomic mass is 16.5. The molecule has 1 aliphatic rings. The molecule has 0 aromatic heterocycles. The number of hydrogen-bond donors (Lipinski definition) is 0. The summed E-state index contributed by atoms with van der Waals surface area (Å²) in [5, 5.41) is 0. The highest BCUT2D eigenvalue weighted by molar-refractivity contribution is 5.84. The molecule has 1 aromatic rings. The van der Waals surface area contributed by atoms with Crippen molar-refractivity contribution in [3.8, 4) is 5.75 Å². The summed E-state index contributed by atoms with van der Waals surface area (Å²) in [6, 6.07) is 6.09. The number of unbranched alkanes of at least 4 members (excludes halogenated alkanes) is 1. The SMILES string of the molecule is CCCCC(C(=O)N1CCCCC1)c1cc(OC)ccc1C. The first-order chi connectivity index (χ1) is 10.7. The van der Waals surface area contributed by atoms with Gasteiger partial charge in [-0.25, -0.2) is 0 Å². The minimum absolute atomic E-state index is 0.0202. The highest BCUT2D eigenvalue weighted by Gasteiger charge is 2.27. The Morgan fingerprint density at radius 2 is 2.00 bits per heavy atom. The number of hydrogen-bond acceptors (Lipinski definition) is 2. The highest BCUT2D eigenvalue weighted by Crippen LogP contribution is 2.31. The summed E-state index contributed by atoms with van der Waals surface area (Å²) in [5.74, 6) is 1.13. The zero-order valence-corrected chi connectivity index (χ0v) is 14.2. The van der Waals surface area contributed by atoms with Gasteiger partial charge in [0.1, 0.15) is 5.75 Å². The van der Waals surface area contributed by atoms with Crippen LogP contribution in [0.5, 0.6) is 5.75 Å². The second kappa shape index (κ2) is 8.21. The van der Waals surface area contributed by atoms with Gasteiger partial charge in [0.05, 0.1) is 13.0 Å². The van der Waals surface area contributed by atoms with Crippen LogP contribution in [0.3, 0.4) is 0 Å². The third-order valence-corrected chi connectivity index (χ3v) is 4.67. The van der Waals surface area contributed by atoms with Crippen molar-refractivity contribution in [3.63, 3.8) is 0 Å². The van der Waals surface area contributed by atoms with Gasteiger partial charge in [-0.1, -0.05) is 25.8 Å². The van der Waals surface area contributed by atoms with Crippen LogP contribution in [-0.2, 0) is 4.79 Å². The number of amides is 1. The average molecular weight is 303 g/mol. The van der Waals surface area contributed by atoms with Crippen molar-refractivity contribution in [1.82, 2.24) is 4.90 Å². The van der Waals surface area contributed by atoms with Crippen LogP contribution in [-0.4, -0.2) is 31.0 Å². The van der Waals surface area contributed by atoms with Crippen LogP contribution < -0.4 is 4.74 Å². The zero-order chi connectivity index (χ0) is 15.9. The minimum Gasteiger partial charge on any atom is -0.497 e. The predicted molar refractivity (Wildman–Crippen MR) is 90.4 cm³/mol. The molecule has 0 saturated carbocycles. The molecule has 3 heteroatoms. The molecule has 0 spiro atoms. The summed E-state index contributed by atoms with van der Waals surface area (Å²) in [6.45, 7) is 6.12. The maximum Gasteiger partial charge on any atom is 0.230 e. The van der Waals surface area contributed by atoms with Crippen LogP contribution in [0.15, 0.2) is 18.2 Å². The van der Waals surface area contributed by atoms with Crippen molar-refractivity contribution in [1.29, 1.82) is 0 Å². The third-order valence-electron chi connectivity index (χ3n) is 4.67. The van der Waals surface area contributed by atoms with Gasteiger partial charge < -0.3 is 9.64 Å².